The lowest BCUT2D eigenvalue weighted by atomic mass is 9.32. The van der Waals surface area contributed by atoms with E-state index in [0.29, 0.717) is 17.3 Å². The van der Waals surface area contributed by atoms with Crippen molar-refractivity contribution in [1.29, 1.82) is 0 Å². The highest BCUT2D eigenvalue weighted by Crippen LogP contribution is 2.79. The van der Waals surface area contributed by atoms with Crippen molar-refractivity contribution >= 4 is 207 Å². The van der Waals surface area contributed by atoms with Gasteiger partial charge < -0.3 is 0 Å². The molecule has 12 aromatic carbocycles. The predicted molar refractivity (Wildman–Crippen MR) is 642 cm³/mol. The third kappa shape index (κ3) is 23.1. The van der Waals surface area contributed by atoms with Gasteiger partial charge in [-0.25, -0.2) is 0 Å². The molecule has 16 aliphatic carbocycles. The van der Waals surface area contributed by atoms with Gasteiger partial charge in [-0.3, -0.25) is 0 Å². The fourth-order valence-electron chi connectivity index (χ4n) is 31.2. The molecule has 136 heavy (non-hydrogen) atoms. The van der Waals surface area contributed by atoms with E-state index in [1.165, 1.54) is 154 Å². The molecule has 12 aromatic rings. The van der Waals surface area contributed by atoms with Crippen molar-refractivity contribution in [3.05, 3.63) is 431 Å². The molecule has 13 heteroatoms. The molecular weight excluding hydrogens is 2520 g/mol. The highest BCUT2D eigenvalue weighted by molar-refractivity contribution is 9.12. The normalized spacial score (nSPS) is 32.4. The predicted octanol–water partition coefficient (Wildman–Crippen LogP) is 39.6. The first-order valence-corrected chi connectivity index (χ1v) is 64.5. The fraction of sp³-hybridized carbons (Fsp3) is 0.415. The summed E-state index contributed by atoms with van der Waals surface area (Å²) in [6.45, 7) is 0. The van der Waals surface area contributed by atoms with Crippen LogP contribution >= 0.6 is 207 Å². The molecule has 0 aromatic heterocycles. The maximum Gasteiger partial charge on any atom is 0.0298 e. The van der Waals surface area contributed by atoms with Crippen molar-refractivity contribution in [2.75, 3.05) is 52.5 Å². The summed E-state index contributed by atoms with van der Waals surface area (Å²) in [5.41, 5.74) is 20.9. The van der Waals surface area contributed by atoms with E-state index < -0.39 is 0 Å². The molecule has 0 atom stereocenters. The molecule has 0 radical (unpaired) electrons. The van der Waals surface area contributed by atoms with Gasteiger partial charge in [-0.2, -0.15) is 0 Å². The van der Waals surface area contributed by atoms with Crippen LogP contribution in [-0.2, 0) is 65.0 Å². The van der Waals surface area contributed by atoms with Crippen LogP contribution in [0.5, 0.6) is 0 Å². The van der Waals surface area contributed by atoms with Gasteiger partial charge in [0.25, 0.3) is 0 Å². The smallest absolute Gasteiger partial charge is 0.0298 e. The summed E-state index contributed by atoms with van der Waals surface area (Å²) in [4.78, 5) is 0. The minimum atomic E-state index is 0. The van der Waals surface area contributed by atoms with Gasteiger partial charge in [-0.05, 0) is 338 Å². The lowest BCUT2D eigenvalue weighted by Crippen LogP contribution is -2.67. The summed E-state index contributed by atoms with van der Waals surface area (Å²) in [7, 11) is 0. The van der Waals surface area contributed by atoms with E-state index >= 15 is 0 Å². The van der Waals surface area contributed by atoms with E-state index in [2.05, 4.69) is 571 Å². The summed E-state index contributed by atoms with van der Waals surface area (Å²) in [6, 6.07) is 138. The van der Waals surface area contributed by atoms with Crippen LogP contribution < -0.4 is 0 Å². The Labute approximate surface area is 930 Å². The average Bonchev–Trinajstić information content (AvgIpc) is 0.672. The van der Waals surface area contributed by atoms with Crippen LogP contribution in [0.15, 0.2) is 364 Å². The fourth-order valence-corrected chi connectivity index (χ4v) is 39.9. The van der Waals surface area contributed by atoms with E-state index in [4.69, 9.17) is 0 Å². The number of rotatable bonds is 12. The van der Waals surface area contributed by atoms with E-state index in [1.807, 2.05) is 52.5 Å². The number of halogens is 13. The van der Waals surface area contributed by atoms with Crippen LogP contribution in [0.1, 0.15) is 236 Å². The largest absolute Gasteiger partial charge is 0.0966 e. The first kappa shape index (κ1) is 115. The topological polar surface area (TPSA) is 0 Å². The summed E-state index contributed by atoms with van der Waals surface area (Å²) < 4.78 is 1.44. The maximum atomic E-state index is 3.97. The number of benzene rings is 12. The third-order valence-corrected chi connectivity index (χ3v) is 36.0. The zero-order valence-corrected chi connectivity index (χ0v) is 100. The summed E-state index contributed by atoms with van der Waals surface area (Å²) in [5.74, 6) is 16.3. The Hall–Kier alpha value is -3.12. The molecular formula is C123H143Br13. The SMILES string of the molecule is BrC12CC3(Br)CC(Br)(C1)CC(Br)(C2)C3.C.C.CBr.CBr.CBr.CBr.CBr.CBr.CBr.CBr.CBr.c1ccc(C23CC4(c5ccccc5)CC(c5ccccc5)(C2)CC(c2ccccc2)(C3)C4)cc1.c1ccc(C23CC4(c5ccccc5)CC(c5ccccc5)(C2)CC(c2ccccc2)(C3)C4)cc1.c1ccc(C23CC4(c5ccccc5)CC(c5ccccc5)(C2)CC(c2ccccc2)(C3)C4)cc1. The summed E-state index contributed by atoms with van der Waals surface area (Å²) in [6.07, 6.45) is 30.4. The first-order chi connectivity index (χ1) is 65.2. The quantitative estimate of drug-likeness (QED) is 0.107. The molecule has 16 bridgehead atoms. The van der Waals surface area contributed by atoms with Gasteiger partial charge in [0.1, 0.15) is 0 Å². The molecule has 0 heterocycles. The Morgan fingerprint density at radius 1 is 0.110 bits per heavy atom. The van der Waals surface area contributed by atoms with Crippen LogP contribution in [0.25, 0.3) is 0 Å². The minimum Gasteiger partial charge on any atom is -0.0966 e. The van der Waals surface area contributed by atoms with Crippen molar-refractivity contribution in [1.82, 2.24) is 0 Å². The van der Waals surface area contributed by atoms with E-state index in [-0.39, 0.29) is 79.8 Å². The van der Waals surface area contributed by atoms with Gasteiger partial charge in [0.15, 0.2) is 0 Å². The molecule has 16 fully saturated rings. The molecule has 726 valence electrons. The van der Waals surface area contributed by atoms with Crippen molar-refractivity contribution in [2.45, 2.75) is 251 Å². The van der Waals surface area contributed by atoms with E-state index in [9.17, 15) is 0 Å². The second-order valence-corrected chi connectivity index (χ2v) is 47.3. The average molecular weight is 2660 g/mol. The Morgan fingerprint density at radius 3 is 0.228 bits per heavy atom. The van der Waals surface area contributed by atoms with Crippen molar-refractivity contribution in [3.8, 4) is 0 Å². The monoisotopic (exact) mass is 2650 g/mol. The van der Waals surface area contributed by atoms with Crippen LogP contribution in [0.4, 0.5) is 0 Å². The maximum absolute atomic E-state index is 3.97. The first-order valence-electron chi connectivity index (χ1n) is 47.1. The molecule has 16 aliphatic rings. The molecule has 0 aliphatic heterocycles. The van der Waals surface area contributed by atoms with Gasteiger partial charge in [-0.1, -0.05) is 586 Å². The number of hydrogen-bond acceptors (Lipinski definition) is 0. The molecule has 0 spiro atoms. The molecule has 0 N–H and O–H groups in total. The van der Waals surface area contributed by atoms with Gasteiger partial charge in [0.05, 0.1) is 0 Å². The molecule has 0 amide bonds. The summed E-state index contributed by atoms with van der Waals surface area (Å²) in [5, 5.41) is 0. The lowest BCUT2D eigenvalue weighted by molar-refractivity contribution is -0.0694. The highest BCUT2D eigenvalue weighted by atomic mass is 79.9. The summed E-state index contributed by atoms with van der Waals surface area (Å²) >= 11 is 42.3. The zero-order valence-electron chi connectivity index (χ0n) is 79.5. The third-order valence-electron chi connectivity index (χ3n) is 32.6. The van der Waals surface area contributed by atoms with Crippen molar-refractivity contribution in [3.63, 3.8) is 0 Å². The van der Waals surface area contributed by atoms with Gasteiger partial charge in [0.2, 0.25) is 0 Å². The highest BCUT2D eigenvalue weighted by Gasteiger charge is 2.74. The standard InChI is InChI=1S/3C34H32.C10H12Br4.9CH3Br.2CH4/c3*1-5-13-27(14-6-1)31-21-32(28-15-7-2-8-16-28)24-33(22-31,29-17-9-3-10-18-29)26-34(23-31,25-32)30-19-11-4-12-20-30;11-7-1-8(12)4-9(13,2-7)6-10(14,3-7)5-8;9*1-2;;/h3*1-20H,21-26H2;1-6H2;9*1H3;2*1H4. The van der Waals surface area contributed by atoms with Gasteiger partial charge in [0, 0.05) is 17.3 Å². The van der Waals surface area contributed by atoms with Gasteiger partial charge >= 0.3 is 0 Å². The second kappa shape index (κ2) is 49.8. The Morgan fingerprint density at radius 2 is 0.169 bits per heavy atom. The Balaban J connectivity index is 0.000000181. The number of hydrogen-bond donors (Lipinski definition) is 0. The Bertz CT molecular complexity index is 4180. The van der Waals surface area contributed by atoms with E-state index in [0.717, 1.165) is 0 Å². The second-order valence-electron chi connectivity index (χ2n) is 40.6. The molecule has 0 saturated heterocycles. The molecule has 0 unspecified atom stereocenters. The molecule has 28 rings (SSSR count). The van der Waals surface area contributed by atoms with Crippen LogP contribution in [-0.4, -0.2) is 69.8 Å². The molecule has 16 saturated carbocycles. The van der Waals surface area contributed by atoms with Crippen molar-refractivity contribution < 1.29 is 0 Å². The van der Waals surface area contributed by atoms with Crippen LogP contribution in [0.3, 0.4) is 0 Å². The van der Waals surface area contributed by atoms with Crippen LogP contribution in [0.2, 0.25) is 0 Å². The van der Waals surface area contributed by atoms with Crippen LogP contribution in [0, 0.1) is 0 Å². The van der Waals surface area contributed by atoms with Crippen molar-refractivity contribution in [2.24, 2.45) is 0 Å². The Kier molecular flexibility index (Phi) is 42.1. The van der Waals surface area contributed by atoms with E-state index in [1.54, 1.807) is 66.8 Å². The van der Waals surface area contributed by atoms with Gasteiger partial charge in [-0.15, -0.1) is 0 Å². The minimum absolute atomic E-state index is 0. The number of alkyl halides is 13. The lowest BCUT2D eigenvalue weighted by Gasteiger charge is -2.71. The zero-order chi connectivity index (χ0) is 96.3. The molecule has 0 nitrogen and oxygen atoms in total.